The molecule has 23 heavy (non-hydrogen) atoms. The summed E-state index contributed by atoms with van der Waals surface area (Å²) in [6.07, 6.45) is 3.11. The van der Waals surface area contributed by atoms with Crippen LogP contribution in [0.15, 0.2) is 24.4 Å². The molecule has 0 unspecified atom stereocenters. The lowest BCUT2D eigenvalue weighted by atomic mass is 9.91. The Balaban J connectivity index is 2.07. The van der Waals surface area contributed by atoms with Gasteiger partial charge in [0.2, 0.25) is 5.91 Å². The summed E-state index contributed by atoms with van der Waals surface area (Å²) in [6, 6.07) is 6.07. The first kappa shape index (κ1) is 15.5. The molecule has 0 aliphatic carbocycles. The Kier molecular flexibility index (Phi) is 4.07. The van der Waals surface area contributed by atoms with Crippen LogP contribution in [0, 0.1) is 5.92 Å². The number of nitrogens with two attached hydrogens (primary N) is 1. The van der Waals surface area contributed by atoms with Crippen molar-refractivity contribution >= 4 is 41.6 Å². The topological polar surface area (TPSA) is 76.3 Å². The average Bonchev–Trinajstić information content (AvgIpc) is 2.53. The molecule has 5 nitrogen and oxygen atoms in total. The third-order valence-corrected chi connectivity index (χ3v) is 4.59. The van der Waals surface area contributed by atoms with Crippen LogP contribution in [0.1, 0.15) is 30.1 Å². The zero-order valence-electron chi connectivity index (χ0n) is 13.5. The van der Waals surface area contributed by atoms with Gasteiger partial charge in [0.05, 0.1) is 16.8 Å². The van der Waals surface area contributed by atoms with Gasteiger partial charge in [-0.25, -0.2) is 0 Å². The molecule has 1 saturated heterocycles. The highest BCUT2D eigenvalue weighted by Gasteiger charge is 2.26. The fourth-order valence-corrected chi connectivity index (χ4v) is 3.28. The number of ketones is 1. The summed E-state index contributed by atoms with van der Waals surface area (Å²) in [5.41, 5.74) is 9.01. The van der Waals surface area contributed by atoms with Crippen molar-refractivity contribution in [1.29, 1.82) is 0 Å². The van der Waals surface area contributed by atoms with Crippen molar-refractivity contribution in [2.24, 2.45) is 11.7 Å². The standard InChI is InChI=1S/C17H20BN3O2/c1-10(22)14-9-20-15-3-2-12(18)8-13(15)16(14)21-6-4-11(5-7-21)17(19)23/h2-3,8-9,11H,4-7,18H2,1H3,(H2,19,23). The van der Waals surface area contributed by atoms with Crippen LogP contribution in [-0.4, -0.2) is 37.6 Å². The molecule has 0 atom stereocenters. The van der Waals surface area contributed by atoms with E-state index in [9.17, 15) is 9.59 Å². The van der Waals surface area contributed by atoms with Crippen LogP contribution in [0.25, 0.3) is 10.9 Å². The lowest BCUT2D eigenvalue weighted by molar-refractivity contribution is -0.122. The number of aromatic nitrogens is 1. The molecule has 3 rings (SSSR count). The van der Waals surface area contributed by atoms with Crippen molar-refractivity contribution in [3.05, 3.63) is 30.0 Å². The van der Waals surface area contributed by atoms with Crippen LogP contribution >= 0.6 is 0 Å². The van der Waals surface area contributed by atoms with Gasteiger partial charge in [-0.15, -0.1) is 0 Å². The first-order valence-corrected chi connectivity index (χ1v) is 7.92. The van der Waals surface area contributed by atoms with E-state index in [0.29, 0.717) is 5.56 Å². The van der Waals surface area contributed by atoms with E-state index in [0.717, 1.165) is 48.0 Å². The summed E-state index contributed by atoms with van der Waals surface area (Å²) in [5.74, 6) is -0.290. The van der Waals surface area contributed by atoms with Crippen LogP contribution in [-0.2, 0) is 4.79 Å². The maximum atomic E-state index is 12.1. The molecule has 0 saturated carbocycles. The lowest BCUT2D eigenvalue weighted by Crippen LogP contribution is -2.39. The highest BCUT2D eigenvalue weighted by atomic mass is 16.1. The van der Waals surface area contributed by atoms with Crippen molar-refractivity contribution in [3.63, 3.8) is 0 Å². The molecule has 2 heterocycles. The van der Waals surface area contributed by atoms with E-state index in [-0.39, 0.29) is 17.6 Å². The number of anilines is 1. The average molecular weight is 309 g/mol. The minimum Gasteiger partial charge on any atom is -0.370 e. The smallest absolute Gasteiger partial charge is 0.220 e. The summed E-state index contributed by atoms with van der Waals surface area (Å²) in [7, 11) is 2.03. The monoisotopic (exact) mass is 309 g/mol. The molecule has 0 spiro atoms. The van der Waals surface area contributed by atoms with Crippen LogP contribution < -0.4 is 16.1 Å². The van der Waals surface area contributed by atoms with Gasteiger partial charge in [0, 0.05) is 30.6 Å². The van der Waals surface area contributed by atoms with Crippen molar-refractivity contribution in [2.75, 3.05) is 18.0 Å². The van der Waals surface area contributed by atoms with Crippen molar-refractivity contribution in [1.82, 2.24) is 4.98 Å². The second kappa shape index (κ2) is 6.03. The summed E-state index contributed by atoms with van der Waals surface area (Å²) in [6.45, 7) is 3.01. The van der Waals surface area contributed by atoms with E-state index >= 15 is 0 Å². The van der Waals surface area contributed by atoms with Gasteiger partial charge in [-0.2, -0.15) is 0 Å². The lowest BCUT2D eigenvalue weighted by Gasteiger charge is -2.34. The molecule has 6 heteroatoms. The predicted molar refractivity (Wildman–Crippen MR) is 94.1 cm³/mol. The highest BCUT2D eigenvalue weighted by Crippen LogP contribution is 2.32. The third kappa shape index (κ3) is 2.93. The van der Waals surface area contributed by atoms with Gasteiger partial charge in [0.1, 0.15) is 7.85 Å². The van der Waals surface area contributed by atoms with Crippen molar-refractivity contribution in [2.45, 2.75) is 19.8 Å². The molecule has 1 aromatic carbocycles. The number of primary amides is 1. The second-order valence-electron chi connectivity index (χ2n) is 6.26. The van der Waals surface area contributed by atoms with Gasteiger partial charge in [0.15, 0.2) is 5.78 Å². The van der Waals surface area contributed by atoms with E-state index in [2.05, 4.69) is 16.0 Å². The number of Topliss-reactive ketones (excluding diaryl/α,β-unsaturated/α-hetero) is 1. The normalized spacial score (nSPS) is 15.8. The Morgan fingerprint density at radius 1 is 1.30 bits per heavy atom. The summed E-state index contributed by atoms with van der Waals surface area (Å²) < 4.78 is 0. The number of hydrogen-bond donors (Lipinski definition) is 1. The summed E-state index contributed by atoms with van der Waals surface area (Å²) >= 11 is 0. The van der Waals surface area contributed by atoms with Crippen LogP contribution in [0.3, 0.4) is 0 Å². The molecule has 2 aromatic rings. The number of carbonyl (C=O) groups is 2. The Hall–Kier alpha value is -2.37. The number of amides is 1. The molecule has 1 fully saturated rings. The molecular weight excluding hydrogens is 289 g/mol. The molecule has 1 aliphatic rings. The Labute approximate surface area is 136 Å². The largest absolute Gasteiger partial charge is 0.370 e. The van der Waals surface area contributed by atoms with Crippen molar-refractivity contribution < 1.29 is 9.59 Å². The van der Waals surface area contributed by atoms with Gasteiger partial charge in [0.25, 0.3) is 0 Å². The minimum atomic E-state index is -0.230. The van der Waals surface area contributed by atoms with Gasteiger partial charge >= 0.3 is 0 Å². The quantitative estimate of drug-likeness (QED) is 0.658. The van der Waals surface area contributed by atoms with Gasteiger partial charge < -0.3 is 10.6 Å². The summed E-state index contributed by atoms with van der Waals surface area (Å²) in [5, 5.41) is 0.996. The Morgan fingerprint density at radius 2 is 2.00 bits per heavy atom. The zero-order chi connectivity index (χ0) is 16.6. The number of hydrogen-bond acceptors (Lipinski definition) is 4. The number of fused-ring (bicyclic) bond motifs is 1. The molecule has 0 bridgehead atoms. The van der Waals surface area contributed by atoms with E-state index in [1.165, 1.54) is 0 Å². The number of carbonyl (C=O) groups excluding carboxylic acids is 2. The van der Waals surface area contributed by atoms with Gasteiger partial charge in [-0.1, -0.05) is 17.6 Å². The number of benzene rings is 1. The maximum absolute atomic E-state index is 12.1. The number of pyridine rings is 1. The number of rotatable bonds is 3. The molecule has 0 radical (unpaired) electrons. The fraction of sp³-hybridized carbons (Fsp3) is 0.353. The first-order valence-electron chi connectivity index (χ1n) is 7.92. The molecule has 118 valence electrons. The summed E-state index contributed by atoms with van der Waals surface area (Å²) in [4.78, 5) is 30.1. The van der Waals surface area contributed by atoms with E-state index in [4.69, 9.17) is 5.73 Å². The van der Waals surface area contributed by atoms with Crippen molar-refractivity contribution in [3.8, 4) is 0 Å². The minimum absolute atomic E-state index is 0.00734. The van der Waals surface area contributed by atoms with E-state index in [1.807, 2.05) is 20.0 Å². The predicted octanol–water partition coefficient (Wildman–Crippen LogP) is 0.397. The molecular formula is C17H20BN3O2. The van der Waals surface area contributed by atoms with Crippen LogP contribution in [0.5, 0.6) is 0 Å². The van der Waals surface area contributed by atoms with E-state index in [1.54, 1.807) is 13.1 Å². The van der Waals surface area contributed by atoms with E-state index < -0.39 is 0 Å². The SMILES string of the molecule is Bc1ccc2ncc(C(C)=O)c(N3CCC(C(N)=O)CC3)c2c1. The molecule has 1 aliphatic heterocycles. The molecule has 1 aromatic heterocycles. The van der Waals surface area contributed by atoms with Gasteiger partial charge in [-0.05, 0) is 25.8 Å². The molecule has 2 N–H and O–H groups in total. The fourth-order valence-electron chi connectivity index (χ4n) is 3.28. The van der Waals surface area contributed by atoms with Crippen LogP contribution in [0.4, 0.5) is 5.69 Å². The van der Waals surface area contributed by atoms with Gasteiger partial charge in [-0.3, -0.25) is 14.6 Å². The molecule has 1 amide bonds. The third-order valence-electron chi connectivity index (χ3n) is 4.59. The number of piperidine rings is 1. The number of nitrogens with zero attached hydrogens (tertiary/aromatic N) is 2. The Morgan fingerprint density at radius 3 is 2.61 bits per heavy atom. The first-order chi connectivity index (χ1) is 11.0. The Bertz CT molecular complexity index is 783. The van der Waals surface area contributed by atoms with Crippen LogP contribution in [0.2, 0.25) is 0 Å². The maximum Gasteiger partial charge on any atom is 0.220 e. The zero-order valence-corrected chi connectivity index (χ0v) is 13.5. The second-order valence-corrected chi connectivity index (χ2v) is 6.26. The highest BCUT2D eigenvalue weighted by molar-refractivity contribution is 6.33.